The van der Waals surface area contributed by atoms with E-state index in [-0.39, 0.29) is 16.2 Å². The first-order valence-electron chi connectivity index (χ1n) is 5.68. The number of piperidine rings is 1. The van der Waals surface area contributed by atoms with E-state index in [1.165, 1.54) is 6.07 Å². The Morgan fingerprint density at radius 3 is 2.72 bits per heavy atom. The van der Waals surface area contributed by atoms with Crippen LogP contribution in [0.15, 0.2) is 16.6 Å². The highest BCUT2D eigenvalue weighted by Gasteiger charge is 2.53. The lowest BCUT2D eigenvalue weighted by Crippen LogP contribution is -2.21. The molecule has 5 nitrogen and oxygen atoms in total. The van der Waals surface area contributed by atoms with Gasteiger partial charge in [0.15, 0.2) is 0 Å². The zero-order valence-corrected chi connectivity index (χ0v) is 10.9. The topological polar surface area (TPSA) is 67.2 Å². The quantitative estimate of drug-likeness (QED) is 0.662. The van der Waals surface area contributed by atoms with Gasteiger partial charge in [-0.05, 0) is 33.8 Å². The number of nitro benzene ring substituents is 1. The molecule has 1 aromatic rings. The van der Waals surface area contributed by atoms with Crippen LogP contribution in [0.1, 0.15) is 0 Å². The number of nitrogens with zero attached hydrogens (tertiary/aromatic N) is 1. The minimum atomic E-state index is -0.620. The Bertz CT molecular complexity index is 515. The Hall–Kier alpha value is -1.21. The summed E-state index contributed by atoms with van der Waals surface area (Å²) in [6, 6.07) is 2.65. The fraction of sp³-hybridized carbons (Fsp3) is 0.455. The molecule has 1 saturated heterocycles. The van der Waals surface area contributed by atoms with E-state index in [0.717, 1.165) is 19.2 Å². The third-order valence-electron chi connectivity index (χ3n) is 3.65. The molecule has 96 valence electrons. The lowest BCUT2D eigenvalue weighted by Gasteiger charge is -2.10. The Morgan fingerprint density at radius 1 is 1.44 bits per heavy atom. The van der Waals surface area contributed by atoms with Crippen LogP contribution >= 0.6 is 15.9 Å². The molecule has 2 aliphatic rings. The van der Waals surface area contributed by atoms with Gasteiger partial charge >= 0.3 is 0 Å². The molecule has 18 heavy (non-hydrogen) atoms. The minimum absolute atomic E-state index is 0.214. The fourth-order valence-corrected chi connectivity index (χ4v) is 2.96. The molecule has 3 rings (SSSR count). The normalized spacial score (nSPS) is 28.9. The summed E-state index contributed by atoms with van der Waals surface area (Å²) in [5, 5.41) is 17.3. The average Bonchev–Trinajstić information content (AvgIpc) is 2.74. The number of fused-ring (bicyclic) bond motifs is 1. The van der Waals surface area contributed by atoms with Crippen LogP contribution in [0, 0.1) is 27.8 Å². The van der Waals surface area contributed by atoms with Crippen LogP contribution in [-0.2, 0) is 0 Å². The third kappa shape index (κ3) is 1.87. The molecule has 2 N–H and O–H groups in total. The molecule has 1 heterocycles. The monoisotopic (exact) mass is 315 g/mol. The highest BCUT2D eigenvalue weighted by molar-refractivity contribution is 9.10. The predicted octanol–water partition coefficient (Wildman–Crippen LogP) is 2.13. The zero-order chi connectivity index (χ0) is 12.9. The van der Waals surface area contributed by atoms with Crippen LogP contribution in [0.5, 0.6) is 0 Å². The summed E-state index contributed by atoms with van der Waals surface area (Å²) >= 11 is 3.05. The van der Waals surface area contributed by atoms with Crippen molar-refractivity contribution in [2.75, 3.05) is 18.4 Å². The number of rotatable bonds is 3. The molecule has 1 aromatic carbocycles. The molecular weight excluding hydrogens is 305 g/mol. The lowest BCUT2D eigenvalue weighted by atomic mass is 10.2. The van der Waals surface area contributed by atoms with Crippen LogP contribution < -0.4 is 10.6 Å². The molecule has 0 spiro atoms. The maximum Gasteiger partial charge on any atom is 0.295 e. The largest absolute Gasteiger partial charge is 0.376 e. The van der Waals surface area contributed by atoms with Gasteiger partial charge in [0.05, 0.1) is 15.5 Å². The van der Waals surface area contributed by atoms with Crippen molar-refractivity contribution >= 4 is 27.3 Å². The summed E-state index contributed by atoms with van der Waals surface area (Å²) in [7, 11) is 0. The number of anilines is 1. The van der Waals surface area contributed by atoms with Crippen molar-refractivity contribution in [1.29, 1.82) is 0 Å². The van der Waals surface area contributed by atoms with Crippen molar-refractivity contribution in [3.63, 3.8) is 0 Å². The summed E-state index contributed by atoms with van der Waals surface area (Å²) in [4.78, 5) is 10.3. The number of halogens is 2. The first-order chi connectivity index (χ1) is 8.58. The van der Waals surface area contributed by atoms with Gasteiger partial charge in [0.1, 0.15) is 11.5 Å². The molecule has 1 aliphatic carbocycles. The molecule has 2 atom stereocenters. The van der Waals surface area contributed by atoms with Gasteiger partial charge in [0, 0.05) is 19.1 Å². The number of nitrogens with one attached hydrogen (secondary N) is 2. The molecule has 7 heteroatoms. The first-order valence-corrected chi connectivity index (χ1v) is 6.48. The molecule has 1 saturated carbocycles. The second-order valence-corrected chi connectivity index (χ2v) is 5.55. The second kappa shape index (κ2) is 4.17. The minimum Gasteiger partial charge on any atom is -0.376 e. The zero-order valence-electron chi connectivity index (χ0n) is 9.32. The van der Waals surface area contributed by atoms with Gasteiger partial charge in [0.2, 0.25) is 0 Å². The van der Waals surface area contributed by atoms with Crippen molar-refractivity contribution in [2.45, 2.75) is 6.04 Å². The van der Waals surface area contributed by atoms with E-state index >= 15 is 0 Å². The van der Waals surface area contributed by atoms with Crippen molar-refractivity contribution in [2.24, 2.45) is 11.8 Å². The van der Waals surface area contributed by atoms with E-state index in [2.05, 4.69) is 26.6 Å². The van der Waals surface area contributed by atoms with Gasteiger partial charge < -0.3 is 10.6 Å². The summed E-state index contributed by atoms with van der Waals surface area (Å²) in [5.74, 6) is 0.451. The second-order valence-electron chi connectivity index (χ2n) is 4.70. The SMILES string of the molecule is O=[N+]([O-])c1cc(F)c(Br)cc1NC1C2CNCC21. The predicted molar refractivity (Wildman–Crippen MR) is 68.0 cm³/mol. The fourth-order valence-electron chi connectivity index (χ4n) is 2.61. The Balaban J connectivity index is 1.86. The van der Waals surface area contributed by atoms with Crippen LogP contribution in [0.4, 0.5) is 15.8 Å². The third-order valence-corrected chi connectivity index (χ3v) is 4.26. The molecule has 0 aromatic heterocycles. The molecule has 2 fully saturated rings. The summed E-state index contributed by atoms with van der Waals surface area (Å²) < 4.78 is 13.5. The Morgan fingerprint density at radius 2 is 2.11 bits per heavy atom. The Kier molecular flexibility index (Phi) is 2.74. The number of nitro groups is 1. The highest BCUT2D eigenvalue weighted by atomic mass is 79.9. The molecular formula is C11H11BrFN3O2. The summed E-state index contributed by atoms with van der Waals surface area (Å²) in [6.45, 7) is 1.89. The molecule has 1 aliphatic heterocycles. The van der Waals surface area contributed by atoms with Crippen molar-refractivity contribution in [1.82, 2.24) is 5.32 Å². The lowest BCUT2D eigenvalue weighted by molar-refractivity contribution is -0.384. The van der Waals surface area contributed by atoms with E-state index in [4.69, 9.17) is 0 Å². The van der Waals surface area contributed by atoms with Crippen LogP contribution in [0.3, 0.4) is 0 Å². The van der Waals surface area contributed by atoms with Crippen LogP contribution in [0.25, 0.3) is 0 Å². The van der Waals surface area contributed by atoms with Gasteiger partial charge in [-0.2, -0.15) is 0 Å². The maximum atomic E-state index is 13.3. The van der Waals surface area contributed by atoms with Crippen molar-refractivity contribution in [3.8, 4) is 0 Å². The highest BCUT2D eigenvalue weighted by Crippen LogP contribution is 2.45. The van der Waals surface area contributed by atoms with Gasteiger partial charge in [-0.3, -0.25) is 10.1 Å². The van der Waals surface area contributed by atoms with E-state index in [0.29, 0.717) is 17.5 Å². The number of hydrogen-bond donors (Lipinski definition) is 2. The summed E-state index contributed by atoms with van der Waals surface area (Å²) in [5.41, 5.74) is 0.168. The average molecular weight is 316 g/mol. The van der Waals surface area contributed by atoms with Gasteiger partial charge in [0.25, 0.3) is 5.69 Å². The smallest absolute Gasteiger partial charge is 0.295 e. The molecule has 0 bridgehead atoms. The number of benzene rings is 1. The van der Waals surface area contributed by atoms with Crippen molar-refractivity contribution in [3.05, 3.63) is 32.5 Å². The molecule has 0 amide bonds. The standard InChI is InChI=1S/C11H11BrFN3O2/c12-7-1-9(10(16(17)18)2-8(7)13)15-11-5-3-14-4-6(5)11/h1-2,5-6,11,14-15H,3-4H2. The maximum absolute atomic E-state index is 13.3. The van der Waals surface area contributed by atoms with E-state index < -0.39 is 10.7 Å². The van der Waals surface area contributed by atoms with E-state index in [1.54, 1.807) is 0 Å². The van der Waals surface area contributed by atoms with Crippen LogP contribution in [-0.4, -0.2) is 24.1 Å². The van der Waals surface area contributed by atoms with Crippen molar-refractivity contribution < 1.29 is 9.31 Å². The van der Waals surface area contributed by atoms with Crippen LogP contribution in [0.2, 0.25) is 0 Å². The van der Waals surface area contributed by atoms with Gasteiger partial charge in [-0.1, -0.05) is 0 Å². The van der Waals surface area contributed by atoms with E-state index in [1.807, 2.05) is 0 Å². The number of hydrogen-bond acceptors (Lipinski definition) is 4. The Labute approximate surface area is 111 Å². The first kappa shape index (κ1) is 11.9. The van der Waals surface area contributed by atoms with E-state index in [9.17, 15) is 14.5 Å². The van der Waals surface area contributed by atoms with Gasteiger partial charge in [-0.25, -0.2) is 4.39 Å². The molecule has 0 radical (unpaired) electrons. The summed E-state index contributed by atoms with van der Waals surface area (Å²) in [6.07, 6.45) is 0. The molecule has 2 unspecified atom stereocenters. The van der Waals surface area contributed by atoms with Gasteiger partial charge in [-0.15, -0.1) is 0 Å².